The minimum absolute atomic E-state index is 0.0622. The van der Waals surface area contributed by atoms with Gasteiger partial charge in [0.1, 0.15) is 5.82 Å². The van der Waals surface area contributed by atoms with Crippen molar-refractivity contribution in [2.45, 2.75) is 83.9 Å². The van der Waals surface area contributed by atoms with Gasteiger partial charge in [-0.2, -0.15) is 0 Å². The number of nitrogens with zero attached hydrogens (tertiary/aromatic N) is 2. The van der Waals surface area contributed by atoms with Gasteiger partial charge in [-0.25, -0.2) is 19.1 Å². The molecule has 1 N–H and O–H groups in total. The normalized spacial score (nSPS) is 11.6. The number of carbonyl (C=O) groups excluding carboxylic acids is 1. The first-order chi connectivity index (χ1) is 13.2. The number of alkyl halides is 3. The number of imidazole rings is 1. The van der Waals surface area contributed by atoms with Crippen LogP contribution in [0.3, 0.4) is 0 Å². The topological polar surface area (TPSA) is 81.4 Å². The molecular weight excluding hydrogens is 377 g/mol. The Kier molecular flexibility index (Phi) is 10.0. The fourth-order valence-electron chi connectivity index (χ4n) is 3.11. The van der Waals surface area contributed by atoms with Crippen molar-refractivity contribution in [2.75, 3.05) is 7.11 Å². The van der Waals surface area contributed by atoms with Gasteiger partial charge in [-0.3, -0.25) is 0 Å². The Morgan fingerprint density at radius 2 is 1.50 bits per heavy atom. The van der Waals surface area contributed by atoms with Crippen molar-refractivity contribution >= 4 is 11.9 Å². The van der Waals surface area contributed by atoms with Crippen LogP contribution in [0.15, 0.2) is 0 Å². The van der Waals surface area contributed by atoms with E-state index in [2.05, 4.69) is 16.6 Å². The molecule has 0 bridgehead atoms. The number of methoxy groups -OCH3 is 1. The number of hydrogen-bond donors (Lipinski definition) is 1. The summed E-state index contributed by atoms with van der Waals surface area (Å²) in [5.74, 6) is -3.56. The third-order valence-electron chi connectivity index (χ3n) is 4.54. The Morgan fingerprint density at radius 3 is 1.93 bits per heavy atom. The zero-order valence-electron chi connectivity index (χ0n) is 16.5. The summed E-state index contributed by atoms with van der Waals surface area (Å²) in [6.45, 7) is 2.16. The predicted molar refractivity (Wildman–Crippen MR) is 97.4 cm³/mol. The Labute approximate surface area is 163 Å². The lowest BCUT2D eigenvalue weighted by atomic mass is 10.1. The molecule has 1 aromatic rings. The Bertz CT molecular complexity index is 642. The Morgan fingerprint density at radius 1 is 1.00 bits per heavy atom. The number of halogens is 3. The largest absolute Gasteiger partial charge is 0.490 e. The summed E-state index contributed by atoms with van der Waals surface area (Å²) < 4.78 is 44.1. The number of hydrogen-bond acceptors (Lipinski definition) is 4. The summed E-state index contributed by atoms with van der Waals surface area (Å²) in [6.07, 6.45) is 5.21. The molecular formula is C19H29F3N2O4. The SMILES string of the molecule is CCCCCCCCCCCCc1nc(C(=O)OC)c(C(=O)O)n1C(F)(F)F. The molecule has 0 aromatic carbocycles. The third-order valence-corrected chi connectivity index (χ3v) is 4.54. The van der Waals surface area contributed by atoms with Crippen molar-refractivity contribution in [1.82, 2.24) is 9.55 Å². The molecule has 0 atom stereocenters. The van der Waals surface area contributed by atoms with E-state index < -0.39 is 35.5 Å². The molecule has 0 aliphatic rings. The van der Waals surface area contributed by atoms with Gasteiger partial charge in [-0.15, -0.1) is 13.2 Å². The average molecular weight is 406 g/mol. The maximum Gasteiger partial charge on any atom is 0.490 e. The number of unbranched alkanes of at least 4 members (excludes halogenated alkanes) is 9. The van der Waals surface area contributed by atoms with Gasteiger partial charge in [0.15, 0.2) is 11.4 Å². The first-order valence-corrected chi connectivity index (χ1v) is 9.74. The van der Waals surface area contributed by atoms with Crippen LogP contribution in [0.4, 0.5) is 13.2 Å². The smallest absolute Gasteiger partial charge is 0.476 e. The van der Waals surface area contributed by atoms with Crippen molar-refractivity contribution in [3.63, 3.8) is 0 Å². The minimum atomic E-state index is -4.99. The molecule has 160 valence electrons. The number of aryl methyl sites for hydroxylation is 1. The molecule has 1 aromatic heterocycles. The molecule has 0 aliphatic carbocycles. The third kappa shape index (κ3) is 7.16. The van der Waals surface area contributed by atoms with Gasteiger partial charge in [-0.05, 0) is 6.42 Å². The monoisotopic (exact) mass is 406 g/mol. The van der Waals surface area contributed by atoms with Crippen LogP contribution in [0.1, 0.15) is 97.9 Å². The first kappa shape index (κ1) is 24.0. The Hall–Kier alpha value is -2.06. The molecule has 0 fully saturated rings. The predicted octanol–water partition coefficient (Wildman–Crippen LogP) is 5.31. The van der Waals surface area contributed by atoms with E-state index in [4.69, 9.17) is 5.11 Å². The second-order valence-corrected chi connectivity index (χ2v) is 6.76. The highest BCUT2D eigenvalue weighted by Gasteiger charge is 2.41. The summed E-state index contributed by atoms with van der Waals surface area (Å²) in [5.41, 5.74) is -2.03. The van der Waals surface area contributed by atoms with Gasteiger partial charge in [0.25, 0.3) is 0 Å². The van der Waals surface area contributed by atoms with Gasteiger partial charge in [0.05, 0.1) is 7.11 Å². The van der Waals surface area contributed by atoms with Gasteiger partial charge in [0.2, 0.25) is 0 Å². The second-order valence-electron chi connectivity index (χ2n) is 6.76. The van der Waals surface area contributed by atoms with E-state index in [0.29, 0.717) is 6.42 Å². The van der Waals surface area contributed by atoms with E-state index in [0.717, 1.165) is 32.8 Å². The zero-order valence-corrected chi connectivity index (χ0v) is 16.5. The van der Waals surface area contributed by atoms with Crippen LogP contribution in [0.25, 0.3) is 0 Å². The van der Waals surface area contributed by atoms with Crippen LogP contribution >= 0.6 is 0 Å². The highest BCUT2D eigenvalue weighted by molar-refractivity contribution is 6.00. The molecule has 0 radical (unpaired) electrons. The van der Waals surface area contributed by atoms with Crippen molar-refractivity contribution in [3.8, 4) is 0 Å². The summed E-state index contributed by atoms with van der Waals surface area (Å²) in [4.78, 5) is 26.6. The molecule has 0 aliphatic heterocycles. The summed E-state index contributed by atoms with van der Waals surface area (Å²) in [5, 5.41) is 9.14. The fraction of sp³-hybridized carbons (Fsp3) is 0.737. The van der Waals surface area contributed by atoms with Crippen molar-refractivity contribution in [1.29, 1.82) is 0 Å². The molecule has 9 heteroatoms. The summed E-state index contributed by atoms with van der Waals surface area (Å²) in [7, 11) is 0.961. The van der Waals surface area contributed by atoms with E-state index >= 15 is 0 Å². The first-order valence-electron chi connectivity index (χ1n) is 9.74. The molecule has 28 heavy (non-hydrogen) atoms. The van der Waals surface area contributed by atoms with Crippen molar-refractivity contribution in [2.24, 2.45) is 0 Å². The van der Waals surface area contributed by atoms with Gasteiger partial charge >= 0.3 is 18.2 Å². The van der Waals surface area contributed by atoms with E-state index in [-0.39, 0.29) is 11.0 Å². The van der Waals surface area contributed by atoms with E-state index in [9.17, 15) is 22.8 Å². The fourth-order valence-corrected chi connectivity index (χ4v) is 3.11. The number of carboxylic acid groups (broad SMARTS) is 1. The number of carbonyl (C=O) groups is 2. The number of aromatic nitrogens is 2. The number of rotatable bonds is 13. The van der Waals surface area contributed by atoms with Gasteiger partial charge in [0, 0.05) is 6.42 Å². The lowest BCUT2D eigenvalue weighted by molar-refractivity contribution is -0.206. The number of ether oxygens (including phenoxy) is 1. The maximum absolute atomic E-state index is 13.4. The van der Waals surface area contributed by atoms with E-state index in [1.165, 1.54) is 32.1 Å². The number of carboxylic acids is 1. The number of aromatic carboxylic acids is 1. The lowest BCUT2D eigenvalue weighted by Gasteiger charge is -2.13. The maximum atomic E-state index is 13.4. The zero-order chi connectivity index (χ0) is 21.2. The van der Waals surface area contributed by atoms with Crippen LogP contribution in [0.2, 0.25) is 0 Å². The van der Waals surface area contributed by atoms with Gasteiger partial charge in [-0.1, -0.05) is 64.7 Å². The molecule has 6 nitrogen and oxygen atoms in total. The summed E-state index contributed by atoms with van der Waals surface area (Å²) in [6, 6.07) is 0. The Balaban J connectivity index is 2.65. The molecule has 1 heterocycles. The molecule has 0 amide bonds. The molecule has 0 unspecified atom stereocenters. The lowest BCUT2D eigenvalue weighted by Crippen LogP contribution is -2.25. The van der Waals surface area contributed by atoms with Crippen LogP contribution < -0.4 is 0 Å². The second kappa shape index (κ2) is 11.7. The standard InChI is InChI=1S/C19H29F3N2O4/c1-3-4-5-6-7-8-9-10-11-12-13-14-23-15(18(27)28-2)16(17(25)26)24(14)19(20,21)22/h3-13H2,1-2H3,(H,25,26). The van der Waals surface area contributed by atoms with E-state index in [1.807, 2.05) is 0 Å². The number of esters is 1. The van der Waals surface area contributed by atoms with Crippen molar-refractivity contribution in [3.05, 3.63) is 17.2 Å². The molecule has 0 saturated heterocycles. The quantitative estimate of drug-likeness (QED) is 0.355. The van der Waals surface area contributed by atoms with Crippen LogP contribution in [0.5, 0.6) is 0 Å². The van der Waals surface area contributed by atoms with Crippen LogP contribution in [-0.2, 0) is 17.5 Å². The van der Waals surface area contributed by atoms with Crippen molar-refractivity contribution < 1.29 is 32.6 Å². The highest BCUT2D eigenvalue weighted by Crippen LogP contribution is 2.29. The molecule has 0 spiro atoms. The van der Waals surface area contributed by atoms with Crippen LogP contribution in [-0.4, -0.2) is 33.7 Å². The average Bonchev–Trinajstić information content (AvgIpc) is 3.02. The van der Waals surface area contributed by atoms with Crippen LogP contribution in [0, 0.1) is 0 Å². The highest BCUT2D eigenvalue weighted by atomic mass is 19.4. The molecule has 0 saturated carbocycles. The minimum Gasteiger partial charge on any atom is -0.476 e. The van der Waals surface area contributed by atoms with E-state index in [1.54, 1.807) is 0 Å². The summed E-state index contributed by atoms with van der Waals surface area (Å²) >= 11 is 0. The van der Waals surface area contributed by atoms with Gasteiger partial charge < -0.3 is 9.84 Å². The molecule has 1 rings (SSSR count).